The van der Waals surface area contributed by atoms with Gasteiger partial charge in [-0.15, -0.1) is 0 Å². The Kier molecular flexibility index (Phi) is 2.36. The standard InChI is InChI=1S/C8H13BO4/c1-10-3-8-4-12-5(6(8)11-2)7(9)13-8/h5-7H,3-4H2,1-2H3/t5?,6-,7-,8-/m1/s1. The number of hydrogen-bond acceptors (Lipinski definition) is 4. The second-order valence-corrected chi connectivity index (χ2v) is 3.51. The average Bonchev–Trinajstić information content (AvgIpc) is 2.55. The van der Waals surface area contributed by atoms with E-state index in [2.05, 4.69) is 0 Å². The molecule has 2 bridgehead atoms. The summed E-state index contributed by atoms with van der Waals surface area (Å²) in [5.41, 5.74) is -0.492. The minimum absolute atomic E-state index is 0.109. The molecule has 72 valence electrons. The van der Waals surface area contributed by atoms with Crippen molar-refractivity contribution < 1.29 is 18.9 Å². The summed E-state index contributed by atoms with van der Waals surface area (Å²) in [4.78, 5) is 0. The van der Waals surface area contributed by atoms with Gasteiger partial charge in [0.1, 0.15) is 25.7 Å². The second-order valence-electron chi connectivity index (χ2n) is 3.51. The third-order valence-electron chi connectivity index (χ3n) is 2.67. The van der Waals surface area contributed by atoms with E-state index < -0.39 is 11.6 Å². The van der Waals surface area contributed by atoms with Crippen LogP contribution in [-0.4, -0.2) is 59.1 Å². The Hall–Kier alpha value is -0.0951. The van der Waals surface area contributed by atoms with Crippen LogP contribution >= 0.6 is 0 Å². The smallest absolute Gasteiger partial charge is 0.143 e. The van der Waals surface area contributed by atoms with Crippen molar-refractivity contribution in [2.24, 2.45) is 0 Å². The molecule has 0 aliphatic carbocycles. The second kappa shape index (κ2) is 3.24. The van der Waals surface area contributed by atoms with Gasteiger partial charge in [0.15, 0.2) is 0 Å². The molecule has 2 rings (SSSR count). The van der Waals surface area contributed by atoms with Crippen molar-refractivity contribution in [1.82, 2.24) is 0 Å². The van der Waals surface area contributed by atoms with Crippen molar-refractivity contribution in [1.29, 1.82) is 0 Å². The van der Waals surface area contributed by atoms with E-state index in [1.807, 2.05) is 0 Å². The number of rotatable bonds is 3. The summed E-state index contributed by atoms with van der Waals surface area (Å²) in [6.07, 6.45) is -0.261. The van der Waals surface area contributed by atoms with Gasteiger partial charge in [-0.3, -0.25) is 0 Å². The maximum Gasteiger partial charge on any atom is 0.143 e. The highest BCUT2D eigenvalue weighted by atomic mass is 16.7. The van der Waals surface area contributed by atoms with Crippen LogP contribution in [0.4, 0.5) is 0 Å². The van der Waals surface area contributed by atoms with Crippen LogP contribution in [0.1, 0.15) is 0 Å². The predicted molar refractivity (Wildman–Crippen MR) is 45.8 cm³/mol. The first-order valence-corrected chi connectivity index (χ1v) is 4.30. The fraction of sp³-hybridized carbons (Fsp3) is 1.00. The van der Waals surface area contributed by atoms with E-state index in [-0.39, 0.29) is 12.2 Å². The van der Waals surface area contributed by atoms with Gasteiger partial charge in [-0.2, -0.15) is 0 Å². The molecular weight excluding hydrogens is 171 g/mol. The van der Waals surface area contributed by atoms with Crippen LogP contribution in [0.25, 0.3) is 0 Å². The molecule has 4 nitrogen and oxygen atoms in total. The lowest BCUT2D eigenvalue weighted by Gasteiger charge is -2.29. The van der Waals surface area contributed by atoms with Crippen molar-refractivity contribution in [3.05, 3.63) is 0 Å². The Balaban J connectivity index is 2.17. The van der Waals surface area contributed by atoms with E-state index in [1.165, 1.54) is 0 Å². The van der Waals surface area contributed by atoms with E-state index in [1.54, 1.807) is 14.2 Å². The first-order valence-electron chi connectivity index (χ1n) is 4.30. The molecule has 13 heavy (non-hydrogen) atoms. The Bertz CT molecular complexity index is 201. The Labute approximate surface area is 78.9 Å². The first-order chi connectivity index (χ1) is 6.23. The van der Waals surface area contributed by atoms with Gasteiger partial charge >= 0.3 is 0 Å². The third-order valence-corrected chi connectivity index (χ3v) is 2.67. The van der Waals surface area contributed by atoms with Gasteiger partial charge in [0, 0.05) is 20.2 Å². The zero-order chi connectivity index (χ0) is 9.47. The molecule has 2 aliphatic heterocycles. The molecule has 0 aromatic carbocycles. The SMILES string of the molecule is [B][C@@H]1O[C@]2(COC)COC1[C@H]2OC. The van der Waals surface area contributed by atoms with Crippen LogP contribution in [0.5, 0.6) is 0 Å². The van der Waals surface area contributed by atoms with Gasteiger partial charge in [0.05, 0.1) is 13.2 Å². The molecular formula is C8H13BO4. The molecule has 1 unspecified atom stereocenters. The van der Waals surface area contributed by atoms with Crippen LogP contribution in [-0.2, 0) is 18.9 Å². The minimum Gasteiger partial charge on any atom is -0.381 e. The zero-order valence-corrected chi connectivity index (χ0v) is 7.86. The normalized spacial score (nSPS) is 48.6. The molecule has 0 amide bonds. The Morgan fingerprint density at radius 2 is 2.31 bits per heavy atom. The summed E-state index contributed by atoms with van der Waals surface area (Å²) in [7, 11) is 8.98. The van der Waals surface area contributed by atoms with Gasteiger partial charge in [0.25, 0.3) is 0 Å². The molecule has 2 radical (unpaired) electrons. The van der Waals surface area contributed by atoms with E-state index in [9.17, 15) is 0 Å². The maximum absolute atomic E-state index is 5.72. The molecule has 2 aliphatic rings. The number of methoxy groups -OCH3 is 2. The molecule has 0 aromatic rings. The lowest BCUT2D eigenvalue weighted by Crippen LogP contribution is -2.45. The zero-order valence-electron chi connectivity index (χ0n) is 7.86. The van der Waals surface area contributed by atoms with Crippen LogP contribution in [0.15, 0.2) is 0 Å². The van der Waals surface area contributed by atoms with Crippen molar-refractivity contribution in [2.75, 3.05) is 27.4 Å². The summed E-state index contributed by atoms with van der Waals surface area (Å²) in [6.45, 7) is 0.952. The average molecular weight is 184 g/mol. The molecule has 2 fully saturated rings. The van der Waals surface area contributed by atoms with Gasteiger partial charge in [-0.05, 0) is 0 Å². The first kappa shape index (κ1) is 9.46. The van der Waals surface area contributed by atoms with E-state index >= 15 is 0 Å². The number of ether oxygens (including phenoxy) is 4. The van der Waals surface area contributed by atoms with Crippen molar-refractivity contribution in [2.45, 2.75) is 23.8 Å². The number of fused-ring (bicyclic) bond motifs is 2. The van der Waals surface area contributed by atoms with E-state index in [0.717, 1.165) is 0 Å². The lowest BCUT2D eigenvalue weighted by atomic mass is 9.92. The fourth-order valence-corrected chi connectivity index (χ4v) is 2.16. The Morgan fingerprint density at radius 1 is 1.54 bits per heavy atom. The maximum atomic E-state index is 5.72. The van der Waals surface area contributed by atoms with Crippen LogP contribution in [0, 0.1) is 0 Å². The highest BCUT2D eigenvalue weighted by Crippen LogP contribution is 2.40. The highest BCUT2D eigenvalue weighted by Gasteiger charge is 2.60. The lowest BCUT2D eigenvalue weighted by molar-refractivity contribution is -0.144. The van der Waals surface area contributed by atoms with Gasteiger partial charge in [-0.25, -0.2) is 0 Å². The van der Waals surface area contributed by atoms with Crippen LogP contribution in [0.2, 0.25) is 0 Å². The summed E-state index contributed by atoms with van der Waals surface area (Å²) in [5, 5.41) is 0. The largest absolute Gasteiger partial charge is 0.381 e. The summed E-state index contributed by atoms with van der Waals surface area (Å²) in [6, 6.07) is -0.395. The van der Waals surface area contributed by atoms with Gasteiger partial charge in [-0.1, -0.05) is 0 Å². The highest BCUT2D eigenvalue weighted by molar-refractivity contribution is 6.11. The summed E-state index contributed by atoms with van der Waals surface area (Å²) < 4.78 is 21.5. The van der Waals surface area contributed by atoms with Crippen LogP contribution < -0.4 is 0 Å². The van der Waals surface area contributed by atoms with Crippen molar-refractivity contribution in [3.8, 4) is 0 Å². The summed E-state index contributed by atoms with van der Waals surface area (Å²) >= 11 is 0. The molecule has 0 aromatic heterocycles. The Morgan fingerprint density at radius 3 is 2.85 bits per heavy atom. The van der Waals surface area contributed by atoms with Crippen molar-refractivity contribution in [3.63, 3.8) is 0 Å². The molecule has 2 saturated heterocycles. The topological polar surface area (TPSA) is 36.9 Å². The summed E-state index contributed by atoms with van der Waals surface area (Å²) in [5.74, 6) is 0. The quantitative estimate of drug-likeness (QED) is 0.544. The third kappa shape index (κ3) is 1.22. The minimum atomic E-state index is -0.492. The van der Waals surface area contributed by atoms with Gasteiger partial charge in [0.2, 0.25) is 0 Å². The molecule has 2 heterocycles. The monoisotopic (exact) mass is 184 g/mol. The molecule has 0 spiro atoms. The van der Waals surface area contributed by atoms with Crippen LogP contribution in [0.3, 0.4) is 0 Å². The predicted octanol–water partition coefficient (Wildman–Crippen LogP) is -0.690. The molecule has 4 atom stereocenters. The number of hydrogen-bond donors (Lipinski definition) is 0. The van der Waals surface area contributed by atoms with Gasteiger partial charge < -0.3 is 18.9 Å². The molecule has 0 N–H and O–H groups in total. The van der Waals surface area contributed by atoms with Crippen molar-refractivity contribution >= 4 is 7.85 Å². The molecule has 0 saturated carbocycles. The molecule has 5 heteroatoms. The fourth-order valence-electron chi connectivity index (χ4n) is 2.16. The van der Waals surface area contributed by atoms with E-state index in [0.29, 0.717) is 13.2 Å². The van der Waals surface area contributed by atoms with E-state index in [4.69, 9.17) is 26.8 Å².